The summed E-state index contributed by atoms with van der Waals surface area (Å²) in [5.74, 6) is -0.422. The highest BCUT2D eigenvalue weighted by Gasteiger charge is 2.45. The lowest BCUT2D eigenvalue weighted by molar-refractivity contribution is -0.139. The number of ether oxygens (including phenoxy) is 1. The molecule has 1 fully saturated rings. The Kier molecular flexibility index (Phi) is 6.60. The monoisotopic (exact) mass is 407 g/mol. The number of carbonyl (C=O) groups is 2. The summed E-state index contributed by atoms with van der Waals surface area (Å²) in [4.78, 5) is 27.3. The maximum absolute atomic E-state index is 12.9. The molecule has 0 bridgehead atoms. The number of amides is 1. The average Bonchev–Trinajstić information content (AvgIpc) is 2.99. The van der Waals surface area contributed by atoms with Crippen molar-refractivity contribution < 1.29 is 19.4 Å². The Bertz CT molecular complexity index is 959. The summed E-state index contributed by atoms with van der Waals surface area (Å²) in [7, 11) is 0. The van der Waals surface area contributed by atoms with E-state index in [1.165, 1.54) is 5.56 Å². The van der Waals surface area contributed by atoms with Gasteiger partial charge in [0.2, 0.25) is 0 Å². The molecule has 2 aromatic rings. The van der Waals surface area contributed by atoms with Gasteiger partial charge in [-0.1, -0.05) is 57.2 Å². The number of nitrogens with zero attached hydrogens (tertiary/aromatic N) is 1. The van der Waals surface area contributed by atoms with Crippen LogP contribution in [0.1, 0.15) is 62.8 Å². The normalized spacial score (nSPS) is 18.3. The van der Waals surface area contributed by atoms with Gasteiger partial charge in [-0.15, -0.1) is 0 Å². The number of hydrogen-bond acceptors (Lipinski definition) is 4. The summed E-state index contributed by atoms with van der Waals surface area (Å²) in [6, 6.07) is 14.3. The van der Waals surface area contributed by atoms with Crippen LogP contribution < -0.4 is 4.74 Å². The third-order valence-corrected chi connectivity index (χ3v) is 5.34. The molecule has 0 aromatic heterocycles. The van der Waals surface area contributed by atoms with E-state index in [1.54, 1.807) is 29.2 Å². The molecule has 1 aliphatic heterocycles. The van der Waals surface area contributed by atoms with Crippen LogP contribution in [-0.2, 0) is 9.59 Å². The van der Waals surface area contributed by atoms with Crippen LogP contribution in [0.4, 0.5) is 0 Å². The number of Topliss-reactive ketones (excluding diaryl/α,β-unsaturated/α-hetero) is 1. The first-order valence-corrected chi connectivity index (χ1v) is 10.5. The molecule has 1 aliphatic rings. The van der Waals surface area contributed by atoms with Crippen LogP contribution in [0.2, 0.25) is 0 Å². The van der Waals surface area contributed by atoms with Gasteiger partial charge in [0.25, 0.3) is 11.7 Å². The average molecular weight is 408 g/mol. The van der Waals surface area contributed by atoms with Gasteiger partial charge in [0.15, 0.2) is 0 Å². The van der Waals surface area contributed by atoms with E-state index in [1.807, 2.05) is 38.1 Å². The van der Waals surface area contributed by atoms with Gasteiger partial charge in [-0.2, -0.15) is 0 Å². The molecule has 0 aliphatic carbocycles. The van der Waals surface area contributed by atoms with Gasteiger partial charge in [-0.05, 0) is 42.5 Å². The van der Waals surface area contributed by atoms with Crippen molar-refractivity contribution in [2.45, 2.75) is 46.1 Å². The topological polar surface area (TPSA) is 66.8 Å². The van der Waals surface area contributed by atoms with Crippen LogP contribution in [0.15, 0.2) is 54.1 Å². The fourth-order valence-electron chi connectivity index (χ4n) is 3.82. The Morgan fingerprint density at radius 1 is 1.10 bits per heavy atom. The third kappa shape index (κ3) is 4.11. The maximum atomic E-state index is 12.9. The first-order chi connectivity index (χ1) is 14.4. The Hall–Kier alpha value is -3.08. The number of ketones is 1. The molecule has 5 nitrogen and oxygen atoms in total. The van der Waals surface area contributed by atoms with Crippen LogP contribution in [0.3, 0.4) is 0 Å². The smallest absolute Gasteiger partial charge is 0.295 e. The molecular formula is C25H29NO4. The lowest BCUT2D eigenvalue weighted by atomic mass is 9.93. The van der Waals surface area contributed by atoms with Gasteiger partial charge < -0.3 is 14.7 Å². The number of aliphatic hydroxyl groups excluding tert-OH is 1. The lowest BCUT2D eigenvalue weighted by Gasteiger charge is -2.25. The zero-order chi connectivity index (χ0) is 21.8. The fourth-order valence-corrected chi connectivity index (χ4v) is 3.82. The standard InChI is InChI=1S/C25H29NO4/c1-5-14-26-22(18-12-10-17(11-13-18)16(3)4)21(24(28)25(26)29)23(27)19-8-7-9-20(15-19)30-6-2/h7-13,15-16,22,27H,5-6,14H2,1-4H3/b23-21-. The number of hydrogen-bond donors (Lipinski definition) is 1. The van der Waals surface area contributed by atoms with Crippen molar-refractivity contribution in [3.8, 4) is 5.75 Å². The minimum Gasteiger partial charge on any atom is -0.507 e. The van der Waals surface area contributed by atoms with Crippen molar-refractivity contribution in [1.82, 2.24) is 4.90 Å². The molecule has 1 unspecified atom stereocenters. The van der Waals surface area contributed by atoms with E-state index in [2.05, 4.69) is 13.8 Å². The van der Waals surface area contributed by atoms with Crippen LogP contribution >= 0.6 is 0 Å². The van der Waals surface area contributed by atoms with E-state index >= 15 is 0 Å². The molecule has 3 rings (SSSR count). The first kappa shape index (κ1) is 21.6. The molecule has 0 saturated carbocycles. The fraction of sp³-hybridized carbons (Fsp3) is 0.360. The second-order valence-electron chi connectivity index (χ2n) is 7.77. The summed E-state index contributed by atoms with van der Waals surface area (Å²) < 4.78 is 5.52. The molecule has 5 heteroatoms. The van der Waals surface area contributed by atoms with E-state index < -0.39 is 17.7 Å². The summed E-state index contributed by atoms with van der Waals surface area (Å²) in [5.41, 5.74) is 2.57. The summed E-state index contributed by atoms with van der Waals surface area (Å²) in [5, 5.41) is 11.1. The van der Waals surface area contributed by atoms with Crippen molar-refractivity contribution in [2.24, 2.45) is 0 Å². The highest BCUT2D eigenvalue weighted by molar-refractivity contribution is 6.46. The van der Waals surface area contributed by atoms with Crippen LogP contribution in [0, 0.1) is 0 Å². The van der Waals surface area contributed by atoms with E-state index in [0.717, 1.165) is 5.56 Å². The number of carbonyl (C=O) groups excluding carboxylic acids is 2. The number of aliphatic hydroxyl groups is 1. The van der Waals surface area contributed by atoms with Crippen molar-refractivity contribution >= 4 is 17.4 Å². The maximum Gasteiger partial charge on any atom is 0.295 e. The van der Waals surface area contributed by atoms with Gasteiger partial charge >= 0.3 is 0 Å². The van der Waals surface area contributed by atoms with Crippen LogP contribution in [-0.4, -0.2) is 34.8 Å². The molecule has 158 valence electrons. The van der Waals surface area contributed by atoms with Crippen molar-refractivity contribution in [2.75, 3.05) is 13.2 Å². The van der Waals surface area contributed by atoms with E-state index in [4.69, 9.17) is 4.74 Å². The molecule has 30 heavy (non-hydrogen) atoms. The second-order valence-corrected chi connectivity index (χ2v) is 7.77. The van der Waals surface area contributed by atoms with Crippen molar-refractivity contribution in [3.05, 3.63) is 70.8 Å². The molecule has 1 saturated heterocycles. The molecule has 2 aromatic carbocycles. The summed E-state index contributed by atoms with van der Waals surface area (Å²) >= 11 is 0. The van der Waals surface area contributed by atoms with Crippen molar-refractivity contribution in [1.29, 1.82) is 0 Å². The van der Waals surface area contributed by atoms with Crippen molar-refractivity contribution in [3.63, 3.8) is 0 Å². The highest BCUT2D eigenvalue weighted by atomic mass is 16.5. The minimum atomic E-state index is -0.652. The largest absolute Gasteiger partial charge is 0.507 e. The van der Waals surface area contributed by atoms with Gasteiger partial charge in [0.05, 0.1) is 18.2 Å². The quantitative estimate of drug-likeness (QED) is 0.397. The molecule has 1 atom stereocenters. The minimum absolute atomic E-state index is 0.124. The molecule has 0 spiro atoms. The highest BCUT2D eigenvalue weighted by Crippen LogP contribution is 2.40. The second kappa shape index (κ2) is 9.16. The Morgan fingerprint density at radius 3 is 2.40 bits per heavy atom. The van der Waals surface area contributed by atoms with E-state index in [9.17, 15) is 14.7 Å². The molecule has 1 heterocycles. The Balaban J connectivity index is 2.13. The van der Waals surface area contributed by atoms with Gasteiger partial charge in [0.1, 0.15) is 11.5 Å². The SMILES string of the molecule is CCCN1C(=O)C(=O)/C(=C(\O)c2cccc(OCC)c2)C1c1ccc(C(C)C)cc1. The molecule has 1 amide bonds. The number of likely N-dealkylation sites (tertiary alicyclic amines) is 1. The van der Waals surface area contributed by atoms with Gasteiger partial charge in [-0.3, -0.25) is 9.59 Å². The zero-order valence-electron chi connectivity index (χ0n) is 18.0. The van der Waals surface area contributed by atoms with Gasteiger partial charge in [-0.25, -0.2) is 0 Å². The van der Waals surface area contributed by atoms with Gasteiger partial charge in [0, 0.05) is 12.1 Å². The van der Waals surface area contributed by atoms with Crippen LogP contribution in [0.5, 0.6) is 5.75 Å². The predicted octanol–water partition coefficient (Wildman–Crippen LogP) is 5.04. The Morgan fingerprint density at radius 2 is 1.80 bits per heavy atom. The molecule has 1 N–H and O–H groups in total. The summed E-state index contributed by atoms with van der Waals surface area (Å²) in [6.45, 7) is 9.00. The molecular weight excluding hydrogens is 378 g/mol. The predicted molar refractivity (Wildman–Crippen MR) is 117 cm³/mol. The van der Waals surface area contributed by atoms with Crippen LogP contribution in [0.25, 0.3) is 5.76 Å². The number of rotatable bonds is 7. The first-order valence-electron chi connectivity index (χ1n) is 10.5. The summed E-state index contributed by atoms with van der Waals surface area (Å²) in [6.07, 6.45) is 0.716. The third-order valence-electron chi connectivity index (χ3n) is 5.34. The van der Waals surface area contributed by atoms with E-state index in [0.29, 0.717) is 36.8 Å². The Labute approximate surface area is 178 Å². The van der Waals surface area contributed by atoms with E-state index in [-0.39, 0.29) is 11.3 Å². The lowest BCUT2D eigenvalue weighted by Crippen LogP contribution is -2.30. The zero-order valence-corrected chi connectivity index (χ0v) is 18.0. The molecule has 0 radical (unpaired) electrons. The number of benzene rings is 2.